The van der Waals surface area contributed by atoms with Gasteiger partial charge in [-0.25, -0.2) is 27.2 Å². The molecule has 9 heterocycles. The summed E-state index contributed by atoms with van der Waals surface area (Å²) in [5.74, 6) is -6.07. The van der Waals surface area contributed by atoms with Crippen LogP contribution in [0.15, 0.2) is 110 Å². The van der Waals surface area contributed by atoms with Gasteiger partial charge in [0, 0.05) is 36.7 Å². The first-order valence-electron chi connectivity index (χ1n) is 31.2. The van der Waals surface area contributed by atoms with Gasteiger partial charge >= 0.3 is 49.3 Å². The molecule has 0 aliphatic carbocycles. The van der Waals surface area contributed by atoms with E-state index >= 15 is 0 Å². The van der Waals surface area contributed by atoms with Crippen molar-refractivity contribution < 1.29 is 116 Å². The number of nitrogens with zero attached hydrogens (tertiary/aromatic N) is 15. The average molecular weight is 1460 g/mol. The van der Waals surface area contributed by atoms with Gasteiger partial charge in [-0.1, -0.05) is 7.43 Å². The van der Waals surface area contributed by atoms with Gasteiger partial charge in [-0.05, 0) is 157 Å². The van der Waals surface area contributed by atoms with Crippen molar-refractivity contribution in [3.05, 3.63) is 178 Å². The summed E-state index contributed by atoms with van der Waals surface area (Å²) in [6.45, 7) is 6.55. The minimum absolute atomic E-state index is 0. The number of carbonyl (C=O) groups is 6. The first-order valence-corrected chi connectivity index (χ1v) is 31.2. The number of rotatable bonds is 16. The Labute approximate surface area is 596 Å². The summed E-state index contributed by atoms with van der Waals surface area (Å²) < 4.78 is 171. The number of alkyl halides is 9. The van der Waals surface area contributed by atoms with Crippen LogP contribution in [-0.4, -0.2) is 131 Å². The summed E-state index contributed by atoms with van der Waals surface area (Å²) >= 11 is 0. The van der Waals surface area contributed by atoms with Crippen LogP contribution in [0.3, 0.4) is 0 Å². The van der Waals surface area contributed by atoms with Crippen LogP contribution >= 0.6 is 0 Å². The van der Waals surface area contributed by atoms with E-state index in [4.69, 9.17) is 10.5 Å². The zero-order chi connectivity index (χ0) is 73.2. The van der Waals surface area contributed by atoms with Crippen LogP contribution in [0.5, 0.6) is 0 Å². The Hall–Kier alpha value is -10.5. The fraction of sp³-hybridized carbons (Fsp3) is 0.364. The molecule has 0 radical (unpaired) electrons. The van der Waals surface area contributed by atoms with Crippen LogP contribution in [0.25, 0.3) is 17.1 Å². The number of esters is 1. The molecule has 0 spiro atoms. The maximum Gasteiger partial charge on any atom is 1.00 e. The third-order valence-corrected chi connectivity index (χ3v) is 16.6. The van der Waals surface area contributed by atoms with Gasteiger partial charge in [-0.3, -0.25) is 42.8 Å². The second-order valence-electron chi connectivity index (χ2n) is 23.5. The Morgan fingerprint density at radius 1 is 0.490 bits per heavy atom. The summed E-state index contributed by atoms with van der Waals surface area (Å²) in [5.41, 5.74) is 7.13. The fourth-order valence-corrected chi connectivity index (χ4v) is 12.1. The van der Waals surface area contributed by atoms with Crippen molar-refractivity contribution in [2.45, 2.75) is 130 Å². The molecule has 0 saturated heterocycles. The van der Waals surface area contributed by atoms with Crippen molar-refractivity contribution in [2.75, 3.05) is 40.9 Å². The molecule has 12 rings (SSSR count). The number of ether oxygens (including phenoxy) is 1. The Bertz CT molecular complexity index is 4360. The third-order valence-electron chi connectivity index (χ3n) is 16.6. The van der Waals surface area contributed by atoms with Gasteiger partial charge < -0.3 is 35.8 Å². The molecule has 3 aliphatic heterocycles. The quantitative estimate of drug-likeness (QED) is 0.0527. The summed E-state index contributed by atoms with van der Waals surface area (Å²) in [6.07, 6.45) is -8.14. The van der Waals surface area contributed by atoms with Gasteiger partial charge in [-0.2, -0.15) is 70.1 Å². The molecular weight excluding hydrogens is 1400 g/mol. The number of benzene rings is 3. The summed E-state index contributed by atoms with van der Waals surface area (Å²) in [4.78, 5) is 80.2. The Morgan fingerprint density at radius 3 is 1.02 bits per heavy atom. The number of carboxylic acid groups (broad SMARTS) is 1. The number of hydrogen-bond acceptors (Lipinski definition) is 14. The number of aryl methyl sites for hydroxylation is 3. The minimum Gasteiger partial charge on any atom is -0.870 e. The van der Waals surface area contributed by atoms with E-state index in [9.17, 15) is 86.6 Å². The molecule has 3 aromatic carbocycles. The largest absolute Gasteiger partial charge is 1.00 e. The molecule has 3 atom stereocenters. The monoisotopic (exact) mass is 1460 g/mol. The maximum atomic E-state index is 13.7. The van der Waals surface area contributed by atoms with Gasteiger partial charge in [0.1, 0.15) is 35.6 Å². The second-order valence-corrected chi connectivity index (χ2v) is 23.5. The van der Waals surface area contributed by atoms with E-state index in [1.807, 2.05) is 0 Å². The van der Waals surface area contributed by atoms with E-state index in [0.717, 1.165) is 32.2 Å². The average Bonchev–Trinajstić information content (AvgIpc) is 1.61. The van der Waals surface area contributed by atoms with Crippen molar-refractivity contribution >= 4 is 52.6 Å². The summed E-state index contributed by atoms with van der Waals surface area (Å²) in [6, 6.07) is 15.2. The normalized spacial score (nSPS) is 14.2. The summed E-state index contributed by atoms with van der Waals surface area (Å²) in [7, 11) is 0. The van der Waals surface area contributed by atoms with E-state index in [2.05, 4.69) is 30.6 Å². The number of carboxylic acids is 1. The standard InChI is InChI=1S/C23H23F4N5O3.C21H20F4N6O2.C21H19F4N5O3.CH4.Li.H2O/c1-3-35-21(33)12-18(31-14(2)11-20(29-31)23(25,26)27)22(34)30-10-4-5-17-19(30)13-28-32(17)16-8-6-15(24)7-9-16;1-12-9-18(21(23,24)25)28-30(12)16(10-19(26)32)20(33)29-8-2-3-15-17(29)11-27-31(15)14-6-4-13(22)5-7-14;1-12-9-18(21(23,24)25)27-29(12)16(10-19(31)32)20(33)28-8-2-3-15-17(28)11-26-30(15)14-6-4-13(22)5-7-14;;;/h6-9,11,13,18H,3-5,10,12H2,1-2H3;4-7,9,11,16H,2-3,8,10H2,1H3,(H2,26,32);4-7,9,11,16H,2-3,8,10H2,1H3,(H,31,32);1H4;;1H2/q;;;;+1;/p-1. The molecule has 104 heavy (non-hydrogen) atoms. The van der Waals surface area contributed by atoms with Gasteiger partial charge in [0.25, 0.3) is 17.7 Å². The van der Waals surface area contributed by atoms with E-state index in [0.29, 0.717) is 89.7 Å². The number of nitrogens with two attached hydrogens (primary N) is 1. The predicted octanol–water partition coefficient (Wildman–Crippen LogP) is 7.93. The second kappa shape index (κ2) is 32.8. The third kappa shape index (κ3) is 17.7. The Balaban J connectivity index is 0.000000215. The molecule has 3 aliphatic rings. The number of anilines is 3. The molecule has 0 saturated carbocycles. The van der Waals surface area contributed by atoms with Crippen LogP contribution in [-0.2, 0) is 71.3 Å². The Kier molecular flexibility index (Phi) is 25.5. The predicted molar refractivity (Wildman–Crippen MR) is 342 cm³/mol. The number of aliphatic carboxylic acids is 1. The fourth-order valence-electron chi connectivity index (χ4n) is 12.1. The number of hydrogen-bond donors (Lipinski definition) is 2. The maximum absolute atomic E-state index is 13.7. The molecule has 6 aromatic heterocycles. The zero-order valence-electron chi connectivity index (χ0n) is 55.4. The number of primary amides is 1. The van der Waals surface area contributed by atoms with Crippen LogP contribution in [0.1, 0.15) is 122 Å². The molecule has 4 amide bonds. The van der Waals surface area contributed by atoms with Crippen LogP contribution in [0.4, 0.5) is 69.7 Å². The van der Waals surface area contributed by atoms with Crippen LogP contribution in [0, 0.1) is 38.2 Å². The number of fused-ring (bicyclic) bond motifs is 3. The van der Waals surface area contributed by atoms with Gasteiger partial charge in [-0.15, -0.1) is 0 Å². The van der Waals surface area contributed by atoms with Crippen molar-refractivity contribution in [2.24, 2.45) is 5.73 Å². The van der Waals surface area contributed by atoms with Crippen molar-refractivity contribution in [3.8, 4) is 17.1 Å². The van der Waals surface area contributed by atoms with E-state index in [1.165, 1.54) is 103 Å². The first kappa shape index (κ1) is 80.8. The van der Waals surface area contributed by atoms with Gasteiger partial charge in [0.2, 0.25) is 5.91 Å². The van der Waals surface area contributed by atoms with Crippen LogP contribution < -0.4 is 39.3 Å². The number of halogens is 12. The minimum atomic E-state index is -4.73. The Morgan fingerprint density at radius 2 is 0.769 bits per heavy atom. The van der Waals surface area contributed by atoms with E-state index < -0.39 is 126 Å². The number of carbonyl (C=O) groups excluding carboxylic acids is 5. The molecule has 4 N–H and O–H groups in total. The van der Waals surface area contributed by atoms with E-state index in [-0.39, 0.29) is 75.1 Å². The number of aromatic nitrogens is 12. The van der Waals surface area contributed by atoms with Crippen molar-refractivity contribution in [3.63, 3.8) is 0 Å². The number of amides is 4. The first-order chi connectivity index (χ1) is 47.7. The van der Waals surface area contributed by atoms with Gasteiger partial charge in [0.15, 0.2) is 17.1 Å². The van der Waals surface area contributed by atoms with Gasteiger partial charge in [0.05, 0.1) is 95.7 Å². The van der Waals surface area contributed by atoms with Crippen molar-refractivity contribution in [1.82, 2.24) is 58.7 Å². The summed E-state index contributed by atoms with van der Waals surface area (Å²) in [5, 5.41) is 32.9. The van der Waals surface area contributed by atoms with Crippen molar-refractivity contribution in [1.29, 1.82) is 0 Å². The molecule has 38 heteroatoms. The molecule has 25 nitrogen and oxygen atoms in total. The van der Waals surface area contributed by atoms with Crippen LogP contribution in [0.2, 0.25) is 0 Å². The molecule has 0 fully saturated rings. The smallest absolute Gasteiger partial charge is 0.870 e. The SMILES string of the molecule is C.CCOC(=O)CC(C(=O)N1CCCc2c1cnn2-c1ccc(F)cc1)n1nc(C(F)(F)F)cc1C.Cc1cc(C(F)(F)F)nn1C(CC(=O)O)C(=O)N1CCCc2c1cnn2-c1ccc(F)cc1.Cc1cc(C(F)(F)F)nn1C(CC(N)=O)C(=O)N1CCCc2c1cnn2-c1ccc(F)cc1.[Li+].[OH-]. The molecule has 3 unspecified atom stereocenters. The molecule has 550 valence electrons. The molecule has 9 aromatic rings. The topological polar surface area (TPSA) is 305 Å². The molecule has 0 bridgehead atoms. The zero-order valence-corrected chi connectivity index (χ0v) is 55.4. The van der Waals surface area contributed by atoms with E-state index in [1.54, 1.807) is 45.2 Å². The molecular formula is C66H67F12LiN16O9.